The van der Waals surface area contributed by atoms with Gasteiger partial charge in [-0.25, -0.2) is 0 Å². The van der Waals surface area contributed by atoms with Gasteiger partial charge in [-0.15, -0.1) is 0 Å². The van der Waals surface area contributed by atoms with Crippen LogP contribution in [0.25, 0.3) is 0 Å². The maximum absolute atomic E-state index is 10.1. The van der Waals surface area contributed by atoms with Crippen molar-refractivity contribution in [3.05, 3.63) is 51.8 Å². The molecule has 27 heavy (non-hydrogen) atoms. The molecule has 2 aromatic rings. The maximum Gasteiger partial charge on any atom is 0.188 e. The summed E-state index contributed by atoms with van der Waals surface area (Å²) in [7, 11) is 1.64. The van der Waals surface area contributed by atoms with Crippen molar-refractivity contribution in [2.24, 2.45) is 0 Å². The highest BCUT2D eigenvalue weighted by atomic mass is 16.7. The minimum Gasteiger partial charge on any atom is -0.508 e. The second-order valence-corrected chi connectivity index (χ2v) is 7.69. The standard InChI is InChI=1S/C23H31NO3/c1-15-12-21(25)17(3)16(2)20(15)13-19-10-11-22(27-14-26-4)23(24-19)18-8-6-5-7-9-18/h10-12,18,25H,5-9,13-14H2,1-4H3. The Bertz CT molecular complexity index is 795. The molecule has 1 fully saturated rings. The van der Waals surface area contributed by atoms with Gasteiger partial charge in [-0.05, 0) is 74.1 Å². The van der Waals surface area contributed by atoms with Crippen LogP contribution in [0.1, 0.15) is 71.7 Å². The van der Waals surface area contributed by atoms with E-state index in [-0.39, 0.29) is 6.79 Å². The first-order valence-corrected chi connectivity index (χ1v) is 9.91. The summed E-state index contributed by atoms with van der Waals surface area (Å²) >= 11 is 0. The zero-order valence-corrected chi connectivity index (χ0v) is 17.0. The molecule has 0 radical (unpaired) electrons. The molecule has 0 atom stereocenters. The fraction of sp³-hybridized carbons (Fsp3) is 0.522. The lowest BCUT2D eigenvalue weighted by Gasteiger charge is -2.24. The van der Waals surface area contributed by atoms with E-state index in [2.05, 4.69) is 19.9 Å². The van der Waals surface area contributed by atoms with Crippen molar-refractivity contribution in [1.82, 2.24) is 4.98 Å². The summed E-state index contributed by atoms with van der Waals surface area (Å²) in [5.74, 6) is 1.69. The number of aryl methyl sites for hydroxylation is 1. The summed E-state index contributed by atoms with van der Waals surface area (Å²) < 4.78 is 10.9. The van der Waals surface area contributed by atoms with Gasteiger partial charge in [-0.1, -0.05) is 19.3 Å². The van der Waals surface area contributed by atoms with Crippen molar-refractivity contribution >= 4 is 0 Å². The zero-order valence-electron chi connectivity index (χ0n) is 17.0. The Morgan fingerprint density at radius 1 is 1.07 bits per heavy atom. The number of phenols is 1. The Labute approximate surface area is 162 Å². The molecule has 0 bridgehead atoms. The second-order valence-electron chi connectivity index (χ2n) is 7.69. The molecule has 1 N–H and O–H groups in total. The topological polar surface area (TPSA) is 51.6 Å². The van der Waals surface area contributed by atoms with E-state index in [4.69, 9.17) is 14.5 Å². The van der Waals surface area contributed by atoms with Crippen molar-refractivity contribution in [3.63, 3.8) is 0 Å². The van der Waals surface area contributed by atoms with Crippen molar-refractivity contribution in [3.8, 4) is 11.5 Å². The van der Waals surface area contributed by atoms with Gasteiger partial charge in [0.2, 0.25) is 0 Å². The van der Waals surface area contributed by atoms with Gasteiger partial charge in [0.05, 0.1) is 5.69 Å². The number of nitrogens with zero attached hydrogens (tertiary/aromatic N) is 1. The molecule has 1 aromatic carbocycles. The van der Waals surface area contributed by atoms with E-state index in [0.29, 0.717) is 11.7 Å². The van der Waals surface area contributed by atoms with Crippen molar-refractivity contribution in [2.75, 3.05) is 13.9 Å². The summed E-state index contributed by atoms with van der Waals surface area (Å²) in [6, 6.07) is 5.96. The van der Waals surface area contributed by atoms with Gasteiger partial charge in [0.1, 0.15) is 11.5 Å². The third kappa shape index (κ3) is 4.44. The van der Waals surface area contributed by atoms with Gasteiger partial charge in [0.25, 0.3) is 0 Å². The Kier molecular flexibility index (Phi) is 6.38. The van der Waals surface area contributed by atoms with E-state index in [1.54, 1.807) is 7.11 Å². The Morgan fingerprint density at radius 2 is 1.81 bits per heavy atom. The lowest BCUT2D eigenvalue weighted by molar-refractivity contribution is 0.0496. The van der Waals surface area contributed by atoms with Crippen LogP contribution >= 0.6 is 0 Å². The summed E-state index contributed by atoms with van der Waals surface area (Å²) in [6.07, 6.45) is 6.95. The minimum absolute atomic E-state index is 0.246. The molecule has 4 nitrogen and oxygen atoms in total. The van der Waals surface area contributed by atoms with Crippen LogP contribution in [-0.4, -0.2) is 24.0 Å². The van der Waals surface area contributed by atoms with E-state index >= 15 is 0 Å². The summed E-state index contributed by atoms with van der Waals surface area (Å²) in [5.41, 5.74) is 6.58. The van der Waals surface area contributed by atoms with E-state index in [1.165, 1.54) is 37.7 Å². The smallest absolute Gasteiger partial charge is 0.188 e. The minimum atomic E-state index is 0.246. The van der Waals surface area contributed by atoms with Crippen LogP contribution in [0.4, 0.5) is 0 Å². The lowest BCUT2D eigenvalue weighted by atomic mass is 9.86. The number of pyridine rings is 1. The monoisotopic (exact) mass is 369 g/mol. The van der Waals surface area contributed by atoms with Crippen LogP contribution in [0.3, 0.4) is 0 Å². The SMILES string of the molecule is COCOc1ccc(Cc2c(C)cc(O)c(C)c2C)nc1C1CCCCC1. The molecule has 0 amide bonds. The van der Waals surface area contributed by atoms with Gasteiger partial charge >= 0.3 is 0 Å². The highest BCUT2D eigenvalue weighted by Gasteiger charge is 2.22. The van der Waals surface area contributed by atoms with E-state index < -0.39 is 0 Å². The fourth-order valence-corrected chi connectivity index (χ4v) is 4.08. The van der Waals surface area contributed by atoms with Gasteiger partial charge in [0, 0.05) is 25.1 Å². The average molecular weight is 370 g/mol. The normalized spacial score (nSPS) is 15.1. The van der Waals surface area contributed by atoms with Crippen LogP contribution in [-0.2, 0) is 11.2 Å². The number of methoxy groups -OCH3 is 1. The number of hydrogen-bond acceptors (Lipinski definition) is 4. The number of hydrogen-bond donors (Lipinski definition) is 1. The van der Waals surface area contributed by atoms with Crippen molar-refractivity contribution < 1.29 is 14.6 Å². The molecule has 1 heterocycles. The largest absolute Gasteiger partial charge is 0.508 e. The maximum atomic E-state index is 10.1. The number of ether oxygens (including phenoxy) is 2. The molecular formula is C23H31NO3. The average Bonchev–Trinajstić information content (AvgIpc) is 2.69. The lowest BCUT2D eigenvalue weighted by Crippen LogP contribution is -2.12. The van der Waals surface area contributed by atoms with E-state index in [9.17, 15) is 5.11 Å². The van der Waals surface area contributed by atoms with Crippen LogP contribution in [0.5, 0.6) is 11.5 Å². The Morgan fingerprint density at radius 3 is 2.52 bits per heavy atom. The van der Waals surface area contributed by atoms with Crippen LogP contribution in [0.2, 0.25) is 0 Å². The second kappa shape index (κ2) is 8.75. The molecule has 1 saturated carbocycles. The quantitative estimate of drug-likeness (QED) is 0.699. The molecule has 4 heteroatoms. The highest BCUT2D eigenvalue weighted by molar-refractivity contribution is 5.49. The van der Waals surface area contributed by atoms with E-state index in [0.717, 1.165) is 40.2 Å². The molecule has 146 valence electrons. The third-order valence-corrected chi connectivity index (χ3v) is 5.85. The predicted octanol–water partition coefficient (Wildman–Crippen LogP) is 5.33. The van der Waals surface area contributed by atoms with Crippen LogP contribution in [0.15, 0.2) is 18.2 Å². The van der Waals surface area contributed by atoms with Crippen LogP contribution < -0.4 is 4.74 Å². The Hall–Kier alpha value is -2.07. The van der Waals surface area contributed by atoms with Gasteiger partial charge < -0.3 is 14.6 Å². The predicted molar refractivity (Wildman–Crippen MR) is 108 cm³/mol. The molecule has 1 aliphatic rings. The Balaban J connectivity index is 1.93. The first kappa shape index (κ1) is 19.7. The number of aromatic nitrogens is 1. The highest BCUT2D eigenvalue weighted by Crippen LogP contribution is 2.37. The molecule has 0 spiro atoms. The third-order valence-electron chi connectivity index (χ3n) is 5.85. The van der Waals surface area contributed by atoms with Crippen LogP contribution in [0, 0.1) is 20.8 Å². The summed E-state index contributed by atoms with van der Waals surface area (Å²) in [5, 5.41) is 10.1. The molecule has 0 saturated heterocycles. The number of rotatable bonds is 6. The van der Waals surface area contributed by atoms with Gasteiger partial charge in [-0.2, -0.15) is 0 Å². The molecule has 0 aliphatic heterocycles. The number of benzene rings is 1. The molecule has 1 aliphatic carbocycles. The molecule has 1 aromatic heterocycles. The number of phenolic OH excluding ortho intramolecular Hbond substituents is 1. The first-order valence-electron chi connectivity index (χ1n) is 9.91. The zero-order chi connectivity index (χ0) is 19.4. The van der Waals surface area contributed by atoms with Gasteiger partial charge in [0.15, 0.2) is 6.79 Å². The van der Waals surface area contributed by atoms with E-state index in [1.807, 2.05) is 19.1 Å². The molecule has 0 unspecified atom stereocenters. The summed E-state index contributed by atoms with van der Waals surface area (Å²) in [6.45, 7) is 6.35. The van der Waals surface area contributed by atoms with Gasteiger partial charge in [-0.3, -0.25) is 4.98 Å². The first-order chi connectivity index (χ1) is 13.0. The summed E-state index contributed by atoms with van der Waals surface area (Å²) in [4.78, 5) is 5.04. The van der Waals surface area contributed by atoms with Crippen molar-refractivity contribution in [2.45, 2.75) is 65.2 Å². The van der Waals surface area contributed by atoms with Crippen molar-refractivity contribution in [1.29, 1.82) is 0 Å². The molecular weight excluding hydrogens is 338 g/mol. The molecule has 3 rings (SSSR count). The fourth-order valence-electron chi connectivity index (χ4n) is 4.08. The number of aromatic hydroxyl groups is 1.